The van der Waals surface area contributed by atoms with Crippen molar-refractivity contribution in [2.24, 2.45) is 0 Å². The Bertz CT molecular complexity index is 612. The zero-order valence-electron chi connectivity index (χ0n) is 9.38. The SMILES string of the molecule is Nc1[nH]ncc1CN1C(=O)c2ccccc2C1=O. The molecule has 0 radical (unpaired) electrons. The van der Waals surface area contributed by atoms with E-state index in [0.717, 1.165) is 0 Å². The summed E-state index contributed by atoms with van der Waals surface area (Å²) in [5, 5.41) is 6.34. The maximum absolute atomic E-state index is 12.1. The molecule has 0 unspecified atom stereocenters. The summed E-state index contributed by atoms with van der Waals surface area (Å²) < 4.78 is 0. The lowest BCUT2D eigenvalue weighted by Gasteiger charge is -2.12. The van der Waals surface area contributed by atoms with Crippen LogP contribution in [0.25, 0.3) is 0 Å². The number of fused-ring (bicyclic) bond motifs is 1. The Kier molecular flexibility index (Phi) is 2.16. The number of aromatic nitrogens is 2. The van der Waals surface area contributed by atoms with Crippen molar-refractivity contribution in [2.75, 3.05) is 5.73 Å². The number of nitrogens with one attached hydrogen (secondary N) is 1. The molecule has 3 rings (SSSR count). The maximum Gasteiger partial charge on any atom is 0.261 e. The molecule has 90 valence electrons. The molecule has 0 spiro atoms. The van der Waals surface area contributed by atoms with Crippen LogP contribution >= 0.6 is 0 Å². The number of carbonyl (C=O) groups excluding carboxylic acids is 2. The average molecular weight is 242 g/mol. The predicted octanol–water partition coefficient (Wildman–Crippen LogP) is 0.788. The summed E-state index contributed by atoms with van der Waals surface area (Å²) in [7, 11) is 0. The zero-order chi connectivity index (χ0) is 12.7. The first-order chi connectivity index (χ1) is 8.68. The highest BCUT2D eigenvalue weighted by Gasteiger charge is 2.35. The van der Waals surface area contributed by atoms with Crippen LogP contribution in [0.4, 0.5) is 5.82 Å². The van der Waals surface area contributed by atoms with Crippen LogP contribution in [0.5, 0.6) is 0 Å². The van der Waals surface area contributed by atoms with Gasteiger partial charge in [-0.25, -0.2) is 0 Å². The lowest BCUT2D eigenvalue weighted by atomic mass is 10.1. The number of imide groups is 1. The minimum atomic E-state index is -0.295. The summed E-state index contributed by atoms with van der Waals surface area (Å²) in [4.78, 5) is 25.3. The number of hydrogen-bond acceptors (Lipinski definition) is 4. The van der Waals surface area contributed by atoms with Crippen LogP contribution in [0.1, 0.15) is 26.3 Å². The molecule has 0 atom stereocenters. The van der Waals surface area contributed by atoms with Crippen LogP contribution in [0.15, 0.2) is 30.5 Å². The Morgan fingerprint density at radius 1 is 1.17 bits per heavy atom. The van der Waals surface area contributed by atoms with Crippen molar-refractivity contribution in [3.63, 3.8) is 0 Å². The van der Waals surface area contributed by atoms with Crippen molar-refractivity contribution in [3.05, 3.63) is 47.2 Å². The van der Waals surface area contributed by atoms with Crippen molar-refractivity contribution in [1.29, 1.82) is 0 Å². The normalized spacial score (nSPS) is 14.1. The summed E-state index contributed by atoms with van der Waals surface area (Å²) in [5.41, 5.74) is 7.15. The number of hydrogen-bond donors (Lipinski definition) is 2. The second-order valence-electron chi connectivity index (χ2n) is 4.05. The lowest BCUT2D eigenvalue weighted by molar-refractivity contribution is 0.0643. The first kappa shape index (κ1) is 10.5. The quantitative estimate of drug-likeness (QED) is 0.761. The van der Waals surface area contributed by atoms with Gasteiger partial charge in [-0.1, -0.05) is 12.1 Å². The van der Waals surface area contributed by atoms with Gasteiger partial charge in [0.2, 0.25) is 0 Å². The predicted molar refractivity (Wildman–Crippen MR) is 63.6 cm³/mol. The van der Waals surface area contributed by atoms with Gasteiger partial charge in [0.25, 0.3) is 11.8 Å². The number of aromatic amines is 1. The van der Waals surface area contributed by atoms with E-state index >= 15 is 0 Å². The Morgan fingerprint density at radius 3 is 2.28 bits per heavy atom. The Morgan fingerprint density at radius 2 is 1.78 bits per heavy atom. The van der Waals surface area contributed by atoms with E-state index in [0.29, 0.717) is 22.5 Å². The van der Waals surface area contributed by atoms with Gasteiger partial charge < -0.3 is 5.73 Å². The first-order valence-corrected chi connectivity index (χ1v) is 5.41. The van der Waals surface area contributed by atoms with Crippen LogP contribution in [-0.2, 0) is 6.54 Å². The molecule has 6 heteroatoms. The van der Waals surface area contributed by atoms with Crippen LogP contribution in [0, 0.1) is 0 Å². The number of carbonyl (C=O) groups is 2. The summed E-state index contributed by atoms with van der Waals surface area (Å²) in [6.07, 6.45) is 1.51. The Labute approximate surface area is 102 Å². The highest BCUT2D eigenvalue weighted by Crippen LogP contribution is 2.24. The topological polar surface area (TPSA) is 92.1 Å². The van der Waals surface area contributed by atoms with Crippen LogP contribution in [-0.4, -0.2) is 26.9 Å². The molecule has 2 heterocycles. The minimum Gasteiger partial charge on any atom is -0.384 e. The number of nitrogens with two attached hydrogens (primary N) is 1. The highest BCUT2D eigenvalue weighted by molar-refractivity contribution is 6.21. The summed E-state index contributed by atoms with van der Waals surface area (Å²) in [6, 6.07) is 6.77. The molecule has 0 fully saturated rings. The smallest absolute Gasteiger partial charge is 0.261 e. The minimum absolute atomic E-state index is 0.134. The number of nitrogen functional groups attached to an aromatic ring is 1. The van der Waals surface area contributed by atoms with E-state index in [1.807, 2.05) is 0 Å². The van der Waals surface area contributed by atoms with E-state index in [1.54, 1.807) is 24.3 Å². The molecule has 0 saturated carbocycles. The highest BCUT2D eigenvalue weighted by atomic mass is 16.2. The summed E-state index contributed by atoms with van der Waals surface area (Å²) in [5.74, 6) is -0.223. The zero-order valence-corrected chi connectivity index (χ0v) is 9.38. The Hall–Kier alpha value is -2.63. The molecular formula is C12H10N4O2. The van der Waals surface area contributed by atoms with Crippen LogP contribution < -0.4 is 5.73 Å². The van der Waals surface area contributed by atoms with Crippen molar-refractivity contribution in [1.82, 2.24) is 15.1 Å². The van der Waals surface area contributed by atoms with Crippen molar-refractivity contribution in [3.8, 4) is 0 Å². The molecule has 1 aromatic carbocycles. The van der Waals surface area contributed by atoms with Gasteiger partial charge in [-0.05, 0) is 12.1 Å². The molecule has 1 aliphatic rings. The van der Waals surface area contributed by atoms with E-state index in [4.69, 9.17) is 5.73 Å². The molecule has 2 aromatic rings. The van der Waals surface area contributed by atoms with Gasteiger partial charge in [0.1, 0.15) is 5.82 Å². The number of nitrogens with zero attached hydrogens (tertiary/aromatic N) is 2. The molecule has 2 amide bonds. The van der Waals surface area contributed by atoms with Crippen LogP contribution in [0.3, 0.4) is 0 Å². The number of amides is 2. The van der Waals surface area contributed by atoms with Crippen molar-refractivity contribution in [2.45, 2.75) is 6.54 Å². The van der Waals surface area contributed by atoms with Gasteiger partial charge in [0, 0.05) is 5.56 Å². The Balaban J connectivity index is 1.95. The molecule has 3 N–H and O–H groups in total. The second-order valence-corrected chi connectivity index (χ2v) is 4.05. The van der Waals surface area contributed by atoms with Crippen molar-refractivity contribution >= 4 is 17.6 Å². The molecule has 0 aliphatic carbocycles. The van der Waals surface area contributed by atoms with Crippen molar-refractivity contribution < 1.29 is 9.59 Å². The number of rotatable bonds is 2. The third kappa shape index (κ3) is 1.39. The second kappa shape index (κ2) is 3.69. The first-order valence-electron chi connectivity index (χ1n) is 5.41. The van der Waals surface area contributed by atoms with Gasteiger partial charge >= 0.3 is 0 Å². The van der Waals surface area contributed by atoms with Gasteiger partial charge in [-0.2, -0.15) is 5.10 Å². The fourth-order valence-corrected chi connectivity index (χ4v) is 2.00. The van der Waals surface area contributed by atoms with E-state index in [-0.39, 0.29) is 18.4 Å². The van der Waals surface area contributed by atoms with Gasteiger partial charge in [-0.3, -0.25) is 19.6 Å². The lowest BCUT2D eigenvalue weighted by Crippen LogP contribution is -2.29. The number of benzene rings is 1. The monoisotopic (exact) mass is 242 g/mol. The van der Waals surface area contributed by atoms with E-state index in [1.165, 1.54) is 11.1 Å². The molecular weight excluding hydrogens is 232 g/mol. The maximum atomic E-state index is 12.1. The van der Waals surface area contributed by atoms with Gasteiger partial charge in [-0.15, -0.1) is 0 Å². The number of H-pyrrole nitrogens is 1. The fourth-order valence-electron chi connectivity index (χ4n) is 2.00. The third-order valence-electron chi connectivity index (χ3n) is 2.96. The van der Waals surface area contributed by atoms with Gasteiger partial charge in [0.05, 0.1) is 23.9 Å². The molecule has 0 saturated heterocycles. The third-order valence-corrected chi connectivity index (χ3v) is 2.96. The molecule has 1 aliphatic heterocycles. The molecule has 1 aromatic heterocycles. The molecule has 0 bridgehead atoms. The summed E-state index contributed by atoms with van der Waals surface area (Å²) >= 11 is 0. The largest absolute Gasteiger partial charge is 0.384 e. The van der Waals surface area contributed by atoms with E-state index in [2.05, 4.69) is 10.2 Å². The number of anilines is 1. The van der Waals surface area contributed by atoms with E-state index in [9.17, 15) is 9.59 Å². The summed E-state index contributed by atoms with van der Waals surface area (Å²) in [6.45, 7) is 0.134. The molecule has 18 heavy (non-hydrogen) atoms. The standard InChI is InChI=1S/C12H10N4O2/c13-10-7(5-14-15-10)6-16-11(17)8-3-1-2-4-9(8)12(16)18/h1-5H,6H2,(H3,13,14,15). The molecule has 6 nitrogen and oxygen atoms in total. The fraction of sp³-hybridized carbons (Fsp3) is 0.0833. The van der Waals surface area contributed by atoms with Gasteiger partial charge in [0.15, 0.2) is 0 Å². The average Bonchev–Trinajstić information content (AvgIpc) is 2.89. The van der Waals surface area contributed by atoms with E-state index < -0.39 is 0 Å². The van der Waals surface area contributed by atoms with Crippen LogP contribution in [0.2, 0.25) is 0 Å².